The highest BCUT2D eigenvalue weighted by molar-refractivity contribution is 9.10. The van der Waals surface area contributed by atoms with E-state index in [1.165, 1.54) is 0 Å². The number of halogens is 1. The van der Waals surface area contributed by atoms with Crippen molar-refractivity contribution in [2.75, 3.05) is 13.7 Å². The first kappa shape index (κ1) is 10.8. The van der Waals surface area contributed by atoms with Gasteiger partial charge in [-0.1, -0.05) is 15.9 Å². The molecule has 0 atom stereocenters. The maximum absolute atomic E-state index is 9.63. The molecule has 1 aromatic carbocycles. The van der Waals surface area contributed by atoms with Crippen LogP contribution in [0, 0.1) is 0 Å². The van der Waals surface area contributed by atoms with Crippen LogP contribution in [-0.2, 0) is 0 Å². The van der Waals surface area contributed by atoms with Gasteiger partial charge in [0.1, 0.15) is 6.61 Å². The molecule has 1 fully saturated rings. The number of benzene rings is 1. The van der Waals surface area contributed by atoms with Gasteiger partial charge < -0.3 is 14.6 Å². The third kappa shape index (κ3) is 2.63. The maximum Gasteiger partial charge on any atom is 0.161 e. The zero-order valence-corrected chi connectivity index (χ0v) is 10.1. The fourth-order valence-corrected chi connectivity index (χ4v) is 1.60. The summed E-state index contributed by atoms with van der Waals surface area (Å²) in [5.41, 5.74) is -0.599. The van der Waals surface area contributed by atoms with E-state index in [0.717, 1.165) is 17.3 Å². The molecule has 1 aliphatic carbocycles. The van der Waals surface area contributed by atoms with E-state index in [9.17, 15) is 5.11 Å². The van der Waals surface area contributed by atoms with Gasteiger partial charge >= 0.3 is 0 Å². The molecule has 3 nitrogen and oxygen atoms in total. The Morgan fingerprint density at radius 1 is 1.40 bits per heavy atom. The van der Waals surface area contributed by atoms with Gasteiger partial charge in [0.05, 0.1) is 12.7 Å². The van der Waals surface area contributed by atoms with Crippen molar-refractivity contribution in [3.8, 4) is 11.5 Å². The molecule has 0 radical (unpaired) electrons. The molecule has 0 spiro atoms. The molecule has 82 valence electrons. The van der Waals surface area contributed by atoms with Crippen LogP contribution in [0.15, 0.2) is 22.7 Å². The van der Waals surface area contributed by atoms with E-state index < -0.39 is 5.60 Å². The second-order valence-electron chi connectivity index (χ2n) is 3.81. The lowest BCUT2D eigenvalue weighted by Gasteiger charge is -2.13. The van der Waals surface area contributed by atoms with Crippen LogP contribution in [0.4, 0.5) is 0 Å². The Kier molecular flexibility index (Phi) is 2.89. The lowest BCUT2D eigenvalue weighted by Crippen LogP contribution is -2.18. The van der Waals surface area contributed by atoms with Crippen LogP contribution in [0.3, 0.4) is 0 Å². The molecule has 2 rings (SSSR count). The normalized spacial score (nSPS) is 17.3. The van der Waals surface area contributed by atoms with Crippen molar-refractivity contribution >= 4 is 15.9 Å². The van der Waals surface area contributed by atoms with E-state index in [-0.39, 0.29) is 0 Å². The van der Waals surface area contributed by atoms with Gasteiger partial charge in [-0.05, 0) is 31.0 Å². The van der Waals surface area contributed by atoms with E-state index >= 15 is 0 Å². The molecule has 0 aromatic heterocycles. The Morgan fingerprint density at radius 2 is 2.13 bits per heavy atom. The SMILES string of the molecule is COc1cc(Br)ccc1OCC1(O)CC1. The molecule has 4 heteroatoms. The molecular weight excluding hydrogens is 260 g/mol. The third-order valence-electron chi connectivity index (χ3n) is 2.45. The van der Waals surface area contributed by atoms with Crippen LogP contribution in [0.1, 0.15) is 12.8 Å². The van der Waals surface area contributed by atoms with E-state index in [1.54, 1.807) is 7.11 Å². The van der Waals surface area contributed by atoms with Crippen LogP contribution in [0.25, 0.3) is 0 Å². The summed E-state index contributed by atoms with van der Waals surface area (Å²) < 4.78 is 11.6. The smallest absolute Gasteiger partial charge is 0.161 e. The van der Waals surface area contributed by atoms with Crippen LogP contribution in [0.5, 0.6) is 11.5 Å². The molecule has 1 saturated carbocycles. The lowest BCUT2D eigenvalue weighted by atomic mass is 10.3. The van der Waals surface area contributed by atoms with E-state index in [4.69, 9.17) is 9.47 Å². The molecule has 1 aromatic rings. The minimum absolute atomic E-state index is 0.338. The maximum atomic E-state index is 9.63. The summed E-state index contributed by atoms with van der Waals surface area (Å²) in [6, 6.07) is 5.55. The monoisotopic (exact) mass is 272 g/mol. The topological polar surface area (TPSA) is 38.7 Å². The highest BCUT2D eigenvalue weighted by atomic mass is 79.9. The summed E-state index contributed by atoms with van der Waals surface area (Å²) in [5.74, 6) is 1.34. The first-order chi connectivity index (χ1) is 7.13. The minimum Gasteiger partial charge on any atom is -0.493 e. The van der Waals surface area contributed by atoms with Crippen molar-refractivity contribution in [1.82, 2.24) is 0 Å². The molecule has 0 bridgehead atoms. The number of hydrogen-bond donors (Lipinski definition) is 1. The number of aliphatic hydroxyl groups is 1. The summed E-state index contributed by atoms with van der Waals surface area (Å²) in [7, 11) is 1.60. The first-order valence-electron chi connectivity index (χ1n) is 4.82. The summed E-state index contributed by atoms with van der Waals surface area (Å²) in [6.45, 7) is 0.338. The average Bonchev–Trinajstić information content (AvgIpc) is 2.95. The van der Waals surface area contributed by atoms with E-state index in [2.05, 4.69) is 15.9 Å². The van der Waals surface area contributed by atoms with Crippen molar-refractivity contribution in [3.05, 3.63) is 22.7 Å². The summed E-state index contributed by atoms with van der Waals surface area (Å²) in [6.07, 6.45) is 1.65. The van der Waals surface area contributed by atoms with Gasteiger partial charge in [0.2, 0.25) is 0 Å². The Hall–Kier alpha value is -0.740. The zero-order chi connectivity index (χ0) is 10.9. The molecule has 1 N–H and O–H groups in total. The Balaban J connectivity index is 2.06. The highest BCUT2D eigenvalue weighted by Crippen LogP contribution is 2.37. The quantitative estimate of drug-likeness (QED) is 0.915. The second-order valence-corrected chi connectivity index (χ2v) is 4.72. The van der Waals surface area contributed by atoms with Crippen LogP contribution in [0.2, 0.25) is 0 Å². The predicted molar refractivity (Wildman–Crippen MR) is 60.4 cm³/mol. The summed E-state index contributed by atoms with van der Waals surface area (Å²) in [5, 5.41) is 9.63. The Bertz CT molecular complexity index is 361. The van der Waals surface area contributed by atoms with Gasteiger partial charge in [0.25, 0.3) is 0 Å². The van der Waals surface area contributed by atoms with Gasteiger partial charge in [-0.15, -0.1) is 0 Å². The van der Waals surface area contributed by atoms with Gasteiger partial charge in [-0.3, -0.25) is 0 Å². The molecule has 1 aliphatic rings. The summed E-state index contributed by atoms with van der Waals surface area (Å²) in [4.78, 5) is 0. The number of methoxy groups -OCH3 is 1. The second kappa shape index (κ2) is 4.02. The van der Waals surface area contributed by atoms with E-state index in [0.29, 0.717) is 18.1 Å². The van der Waals surface area contributed by atoms with Gasteiger partial charge in [0.15, 0.2) is 11.5 Å². The Morgan fingerprint density at radius 3 is 2.73 bits per heavy atom. The third-order valence-corrected chi connectivity index (χ3v) is 2.94. The predicted octanol–water partition coefficient (Wildman–Crippen LogP) is 2.36. The van der Waals surface area contributed by atoms with Crippen LogP contribution >= 0.6 is 15.9 Å². The fraction of sp³-hybridized carbons (Fsp3) is 0.455. The number of ether oxygens (including phenoxy) is 2. The molecular formula is C11H13BrO3. The average molecular weight is 273 g/mol. The summed E-state index contributed by atoms with van der Waals surface area (Å²) >= 11 is 3.36. The van der Waals surface area contributed by atoms with Crippen LogP contribution < -0.4 is 9.47 Å². The Labute approximate surface area is 97.1 Å². The van der Waals surface area contributed by atoms with Crippen molar-refractivity contribution in [2.24, 2.45) is 0 Å². The molecule has 15 heavy (non-hydrogen) atoms. The zero-order valence-electron chi connectivity index (χ0n) is 8.50. The standard InChI is InChI=1S/C11H13BrO3/c1-14-10-6-8(12)2-3-9(10)15-7-11(13)4-5-11/h2-3,6,13H,4-5,7H2,1H3. The minimum atomic E-state index is -0.599. The van der Waals surface area contributed by atoms with Crippen molar-refractivity contribution in [2.45, 2.75) is 18.4 Å². The molecule has 0 amide bonds. The highest BCUT2D eigenvalue weighted by Gasteiger charge is 2.41. The first-order valence-corrected chi connectivity index (χ1v) is 5.61. The molecule has 0 saturated heterocycles. The van der Waals surface area contributed by atoms with Gasteiger partial charge in [0, 0.05) is 4.47 Å². The van der Waals surface area contributed by atoms with Gasteiger partial charge in [-0.25, -0.2) is 0 Å². The van der Waals surface area contributed by atoms with Crippen molar-refractivity contribution in [3.63, 3.8) is 0 Å². The lowest BCUT2D eigenvalue weighted by molar-refractivity contribution is 0.0841. The largest absolute Gasteiger partial charge is 0.493 e. The molecule has 0 unspecified atom stereocenters. The number of rotatable bonds is 4. The molecule has 0 aliphatic heterocycles. The van der Waals surface area contributed by atoms with Gasteiger partial charge in [-0.2, -0.15) is 0 Å². The van der Waals surface area contributed by atoms with Crippen molar-refractivity contribution < 1.29 is 14.6 Å². The van der Waals surface area contributed by atoms with E-state index in [1.807, 2.05) is 18.2 Å². The van der Waals surface area contributed by atoms with Crippen molar-refractivity contribution in [1.29, 1.82) is 0 Å². The molecule has 0 heterocycles. The number of hydrogen-bond acceptors (Lipinski definition) is 3. The van der Waals surface area contributed by atoms with Crippen LogP contribution in [-0.4, -0.2) is 24.4 Å². The fourth-order valence-electron chi connectivity index (χ4n) is 1.26.